The number of nitrogens with one attached hydrogen (secondary N) is 1. The van der Waals surface area contributed by atoms with Gasteiger partial charge >= 0.3 is 0 Å². The third-order valence-corrected chi connectivity index (χ3v) is 5.25. The predicted molar refractivity (Wildman–Crippen MR) is 87.1 cm³/mol. The van der Waals surface area contributed by atoms with E-state index in [0.29, 0.717) is 11.6 Å². The van der Waals surface area contributed by atoms with E-state index in [1.54, 1.807) is 0 Å². The zero-order chi connectivity index (χ0) is 14.8. The summed E-state index contributed by atoms with van der Waals surface area (Å²) in [5.74, 6) is 0. The van der Waals surface area contributed by atoms with Gasteiger partial charge in [-0.1, -0.05) is 32.0 Å². The second-order valence-electron chi connectivity index (χ2n) is 6.46. The molecule has 1 heterocycles. The van der Waals surface area contributed by atoms with E-state index in [1.807, 2.05) is 0 Å². The molecule has 0 radical (unpaired) electrons. The monoisotopic (exact) mass is 274 g/mol. The average molecular weight is 274 g/mol. The van der Waals surface area contributed by atoms with Gasteiger partial charge in [0.05, 0.1) is 0 Å². The lowest BCUT2D eigenvalue weighted by atomic mass is 9.86. The summed E-state index contributed by atoms with van der Waals surface area (Å²) >= 11 is 0. The van der Waals surface area contributed by atoms with Crippen molar-refractivity contribution in [2.24, 2.45) is 0 Å². The van der Waals surface area contributed by atoms with Gasteiger partial charge in [0, 0.05) is 31.2 Å². The Labute approximate surface area is 124 Å². The van der Waals surface area contributed by atoms with Crippen LogP contribution < -0.4 is 5.32 Å². The molecular weight excluding hydrogens is 244 g/mol. The van der Waals surface area contributed by atoms with Gasteiger partial charge in [0.25, 0.3) is 0 Å². The van der Waals surface area contributed by atoms with Crippen LogP contribution in [0.2, 0.25) is 0 Å². The van der Waals surface area contributed by atoms with E-state index in [4.69, 9.17) is 0 Å². The molecule has 1 aromatic carbocycles. The van der Waals surface area contributed by atoms with Crippen molar-refractivity contribution in [3.63, 3.8) is 0 Å². The lowest BCUT2D eigenvalue weighted by Gasteiger charge is -2.49. The van der Waals surface area contributed by atoms with E-state index in [2.05, 4.69) is 63.0 Å². The smallest absolute Gasteiger partial charge is 0.0333 e. The number of hydrogen-bond donors (Lipinski definition) is 1. The van der Waals surface area contributed by atoms with Crippen molar-refractivity contribution in [2.45, 2.75) is 65.6 Å². The molecule has 0 saturated carbocycles. The molecule has 1 aliphatic rings. The molecule has 20 heavy (non-hydrogen) atoms. The zero-order valence-corrected chi connectivity index (χ0v) is 13.8. The highest BCUT2D eigenvalue weighted by atomic mass is 15.3. The largest absolute Gasteiger partial charge is 0.311 e. The second-order valence-corrected chi connectivity index (χ2v) is 6.46. The molecule has 0 aromatic heterocycles. The lowest BCUT2D eigenvalue weighted by Crippen LogP contribution is -2.63. The van der Waals surface area contributed by atoms with E-state index in [0.717, 1.165) is 19.6 Å². The summed E-state index contributed by atoms with van der Waals surface area (Å²) in [6.07, 6.45) is 2.43. The van der Waals surface area contributed by atoms with Gasteiger partial charge in [0.1, 0.15) is 0 Å². The number of piperazine rings is 1. The minimum Gasteiger partial charge on any atom is -0.311 e. The molecule has 0 bridgehead atoms. The van der Waals surface area contributed by atoms with Gasteiger partial charge < -0.3 is 5.32 Å². The van der Waals surface area contributed by atoms with E-state index in [1.165, 1.54) is 29.5 Å². The third kappa shape index (κ3) is 2.91. The quantitative estimate of drug-likeness (QED) is 0.901. The maximum absolute atomic E-state index is 3.68. The summed E-state index contributed by atoms with van der Waals surface area (Å²) < 4.78 is 0. The fourth-order valence-corrected chi connectivity index (χ4v) is 3.53. The van der Waals surface area contributed by atoms with Gasteiger partial charge in [-0.3, -0.25) is 4.90 Å². The summed E-state index contributed by atoms with van der Waals surface area (Å²) in [6.45, 7) is 14.8. The van der Waals surface area contributed by atoms with E-state index < -0.39 is 0 Å². The summed E-state index contributed by atoms with van der Waals surface area (Å²) in [7, 11) is 0. The first-order valence-electron chi connectivity index (χ1n) is 8.06. The maximum Gasteiger partial charge on any atom is 0.0333 e. The summed E-state index contributed by atoms with van der Waals surface area (Å²) in [6, 6.07) is 7.24. The molecule has 0 amide bonds. The molecule has 1 atom stereocenters. The van der Waals surface area contributed by atoms with Crippen LogP contribution >= 0.6 is 0 Å². The molecule has 1 fully saturated rings. The van der Waals surface area contributed by atoms with E-state index >= 15 is 0 Å². The summed E-state index contributed by atoms with van der Waals surface area (Å²) in [5.41, 5.74) is 4.70. The lowest BCUT2D eigenvalue weighted by molar-refractivity contribution is 0.0275. The Hall–Kier alpha value is -0.860. The fourth-order valence-electron chi connectivity index (χ4n) is 3.53. The highest BCUT2D eigenvalue weighted by molar-refractivity contribution is 5.33. The second kappa shape index (κ2) is 6.28. The highest BCUT2D eigenvalue weighted by Crippen LogP contribution is 2.30. The van der Waals surface area contributed by atoms with Crippen molar-refractivity contribution < 1.29 is 0 Å². The van der Waals surface area contributed by atoms with Crippen molar-refractivity contribution in [3.05, 3.63) is 34.9 Å². The van der Waals surface area contributed by atoms with E-state index in [9.17, 15) is 0 Å². The van der Waals surface area contributed by atoms with Gasteiger partial charge in [-0.25, -0.2) is 0 Å². The van der Waals surface area contributed by atoms with Gasteiger partial charge in [-0.15, -0.1) is 0 Å². The number of rotatable bonds is 4. The van der Waals surface area contributed by atoms with Crippen LogP contribution in [0.15, 0.2) is 18.2 Å². The Balaban J connectivity index is 2.28. The van der Waals surface area contributed by atoms with Crippen molar-refractivity contribution >= 4 is 0 Å². The van der Waals surface area contributed by atoms with Crippen molar-refractivity contribution in [2.75, 3.05) is 13.1 Å². The van der Waals surface area contributed by atoms with Gasteiger partial charge in [0.15, 0.2) is 0 Å². The van der Waals surface area contributed by atoms with Crippen molar-refractivity contribution in [1.29, 1.82) is 0 Å². The predicted octanol–water partition coefficient (Wildman–Crippen LogP) is 3.66. The number of nitrogens with zero attached hydrogens (tertiary/aromatic N) is 1. The van der Waals surface area contributed by atoms with Crippen molar-refractivity contribution in [3.8, 4) is 0 Å². The third-order valence-electron chi connectivity index (χ3n) is 5.25. The first kappa shape index (κ1) is 15.5. The Morgan fingerprint density at radius 2 is 1.80 bits per heavy atom. The first-order valence-corrected chi connectivity index (χ1v) is 8.06. The van der Waals surface area contributed by atoms with Crippen LogP contribution in [-0.4, -0.2) is 29.6 Å². The normalized spacial score (nSPS) is 22.9. The molecule has 0 aliphatic carbocycles. The molecule has 2 nitrogen and oxygen atoms in total. The Bertz CT molecular complexity index is 428. The van der Waals surface area contributed by atoms with Crippen molar-refractivity contribution in [1.82, 2.24) is 10.2 Å². The number of aryl methyl sites for hydroxylation is 2. The Morgan fingerprint density at radius 3 is 2.35 bits per heavy atom. The first-order chi connectivity index (χ1) is 9.52. The van der Waals surface area contributed by atoms with E-state index in [-0.39, 0.29) is 0 Å². The molecule has 1 aromatic rings. The van der Waals surface area contributed by atoms with Crippen LogP contribution in [0.4, 0.5) is 0 Å². The van der Waals surface area contributed by atoms with Crippen LogP contribution in [0.1, 0.15) is 50.3 Å². The Morgan fingerprint density at radius 1 is 1.20 bits per heavy atom. The minimum atomic E-state index is 0.321. The molecule has 2 rings (SSSR count). The molecule has 2 heteroatoms. The standard InChI is InChI=1S/C18H30N2/c1-6-18(7-2)13-19-16(5)11-20(18)12-17-14(3)9-8-10-15(17)4/h8-10,16,19H,6-7,11-13H2,1-5H3. The van der Waals surface area contributed by atoms with Gasteiger partial charge in [0.2, 0.25) is 0 Å². The van der Waals surface area contributed by atoms with Gasteiger partial charge in [-0.05, 0) is 50.3 Å². The van der Waals surface area contributed by atoms with Gasteiger partial charge in [-0.2, -0.15) is 0 Å². The van der Waals surface area contributed by atoms with Crippen LogP contribution in [0, 0.1) is 13.8 Å². The van der Waals surface area contributed by atoms with Crippen LogP contribution in [0.5, 0.6) is 0 Å². The fraction of sp³-hybridized carbons (Fsp3) is 0.667. The maximum atomic E-state index is 3.68. The summed E-state index contributed by atoms with van der Waals surface area (Å²) in [4.78, 5) is 2.73. The van der Waals surface area contributed by atoms with Crippen LogP contribution in [0.3, 0.4) is 0 Å². The molecule has 0 spiro atoms. The zero-order valence-electron chi connectivity index (χ0n) is 13.8. The Kier molecular flexibility index (Phi) is 4.87. The molecule has 112 valence electrons. The average Bonchev–Trinajstić information content (AvgIpc) is 2.44. The molecule has 1 saturated heterocycles. The molecular formula is C18H30N2. The molecule has 1 N–H and O–H groups in total. The number of hydrogen-bond acceptors (Lipinski definition) is 2. The highest BCUT2D eigenvalue weighted by Gasteiger charge is 2.37. The number of benzene rings is 1. The van der Waals surface area contributed by atoms with Crippen LogP contribution in [0.25, 0.3) is 0 Å². The van der Waals surface area contributed by atoms with Crippen LogP contribution in [-0.2, 0) is 6.54 Å². The summed E-state index contributed by atoms with van der Waals surface area (Å²) in [5, 5.41) is 3.68. The molecule has 1 aliphatic heterocycles. The molecule has 1 unspecified atom stereocenters. The SMILES string of the molecule is CCC1(CC)CNC(C)CN1Cc1c(C)cccc1C. The minimum absolute atomic E-state index is 0.321. The topological polar surface area (TPSA) is 15.3 Å².